The average molecular weight is 329 g/mol. The number of nitrogens with two attached hydrogens (primary N) is 1. The Morgan fingerprint density at radius 2 is 2.38 bits per heavy atom. The van der Waals surface area contributed by atoms with Crippen molar-refractivity contribution in [2.75, 3.05) is 29.2 Å². The highest BCUT2D eigenvalue weighted by Gasteiger charge is 2.14. The predicted molar refractivity (Wildman–Crippen MR) is 90.0 cm³/mol. The minimum absolute atomic E-state index is 0.00874. The number of nitrogens with one attached hydrogen (secondary N) is 1. The van der Waals surface area contributed by atoms with Gasteiger partial charge in [0.25, 0.3) is 0 Å². The second-order valence-corrected chi connectivity index (χ2v) is 6.65. The van der Waals surface area contributed by atoms with Gasteiger partial charge in [-0.3, -0.25) is 4.79 Å². The highest BCUT2D eigenvalue weighted by molar-refractivity contribution is 7.99. The first kappa shape index (κ1) is 16.5. The Hall–Kier alpha value is -0.910. The maximum Gasteiger partial charge on any atom is 0.224 e. The number of hydrogen-bond acceptors (Lipinski definition) is 4. The number of carbonyl (C=O) groups excluding carboxylic acids is 1. The third-order valence-corrected chi connectivity index (χ3v) is 4.83. The van der Waals surface area contributed by atoms with E-state index in [2.05, 4.69) is 5.32 Å². The fourth-order valence-electron chi connectivity index (χ4n) is 2.17. The van der Waals surface area contributed by atoms with Gasteiger partial charge in [-0.25, -0.2) is 0 Å². The highest BCUT2D eigenvalue weighted by Crippen LogP contribution is 2.22. The van der Waals surface area contributed by atoms with Crippen molar-refractivity contribution >= 4 is 40.6 Å². The lowest BCUT2D eigenvalue weighted by molar-refractivity contribution is -0.116. The summed E-state index contributed by atoms with van der Waals surface area (Å²) >= 11 is 7.70. The summed E-state index contributed by atoms with van der Waals surface area (Å²) in [5.41, 5.74) is 6.86. The van der Waals surface area contributed by atoms with Gasteiger partial charge in [0.1, 0.15) is 0 Å². The third-order valence-electron chi connectivity index (χ3n) is 3.30. The molecule has 1 heterocycles. The molecule has 1 saturated heterocycles. The average Bonchev–Trinajstić information content (AvgIpc) is 2.96. The van der Waals surface area contributed by atoms with Crippen LogP contribution in [0.3, 0.4) is 0 Å². The fraction of sp³-hybridized carbons (Fsp3) is 0.533. The van der Waals surface area contributed by atoms with Crippen molar-refractivity contribution in [1.29, 1.82) is 0 Å². The van der Waals surface area contributed by atoms with Crippen LogP contribution in [0.15, 0.2) is 18.2 Å². The number of ether oxygens (including phenoxy) is 1. The van der Waals surface area contributed by atoms with Crippen LogP contribution in [0.2, 0.25) is 5.02 Å². The SMILES string of the molecule is Nc1cc(NC(=O)CCCSCC2CCCO2)ccc1Cl. The predicted octanol–water partition coefficient (Wildman–Crippen LogP) is 3.55. The second kappa shape index (κ2) is 8.51. The Bertz CT molecular complexity index is 479. The van der Waals surface area contributed by atoms with Crippen LogP contribution >= 0.6 is 23.4 Å². The number of nitrogen functional groups attached to an aromatic ring is 1. The molecule has 6 heteroatoms. The van der Waals surface area contributed by atoms with Gasteiger partial charge >= 0.3 is 0 Å². The molecule has 0 aromatic heterocycles. The van der Waals surface area contributed by atoms with Crippen LogP contribution in [-0.4, -0.2) is 30.1 Å². The van der Waals surface area contributed by atoms with E-state index in [1.165, 1.54) is 12.8 Å². The van der Waals surface area contributed by atoms with Gasteiger partial charge in [-0.1, -0.05) is 11.6 Å². The molecule has 3 N–H and O–H groups in total. The summed E-state index contributed by atoms with van der Waals surface area (Å²) in [5.74, 6) is 2.03. The number of rotatable bonds is 7. The Morgan fingerprint density at radius 3 is 3.10 bits per heavy atom. The van der Waals surface area contributed by atoms with E-state index in [9.17, 15) is 4.79 Å². The maximum atomic E-state index is 11.8. The molecular weight excluding hydrogens is 308 g/mol. The van der Waals surface area contributed by atoms with Crippen LogP contribution in [0.25, 0.3) is 0 Å². The van der Waals surface area contributed by atoms with Crippen molar-refractivity contribution in [3.63, 3.8) is 0 Å². The number of anilines is 2. The Balaban J connectivity index is 1.59. The van der Waals surface area contributed by atoms with Crippen LogP contribution in [0.1, 0.15) is 25.7 Å². The minimum Gasteiger partial charge on any atom is -0.397 e. The molecule has 1 aromatic rings. The van der Waals surface area contributed by atoms with Gasteiger partial charge in [0, 0.05) is 24.5 Å². The monoisotopic (exact) mass is 328 g/mol. The first-order chi connectivity index (χ1) is 10.1. The van der Waals surface area contributed by atoms with Gasteiger partial charge in [0.15, 0.2) is 0 Å². The zero-order chi connectivity index (χ0) is 15.1. The molecule has 0 saturated carbocycles. The van der Waals surface area contributed by atoms with Gasteiger partial charge in [-0.2, -0.15) is 11.8 Å². The number of thioether (sulfide) groups is 1. The first-order valence-electron chi connectivity index (χ1n) is 7.19. The van der Waals surface area contributed by atoms with Crippen LogP contribution in [0.5, 0.6) is 0 Å². The lowest BCUT2D eigenvalue weighted by atomic mass is 10.2. The van der Waals surface area contributed by atoms with Crippen molar-refractivity contribution in [2.45, 2.75) is 31.8 Å². The Kier molecular flexibility index (Phi) is 6.67. The van der Waals surface area contributed by atoms with E-state index in [4.69, 9.17) is 22.1 Å². The number of halogens is 1. The largest absolute Gasteiger partial charge is 0.397 e. The molecule has 1 fully saturated rings. The Labute approximate surface area is 134 Å². The standard InChI is InChI=1S/C15H21ClN2O2S/c16-13-6-5-11(9-14(13)17)18-15(19)4-2-8-21-10-12-3-1-7-20-12/h5-6,9,12H,1-4,7-8,10,17H2,(H,18,19). The number of carbonyl (C=O) groups is 1. The third kappa shape index (κ3) is 5.77. The number of benzene rings is 1. The van der Waals surface area contributed by atoms with Crippen molar-refractivity contribution in [2.24, 2.45) is 0 Å². The summed E-state index contributed by atoms with van der Waals surface area (Å²) in [6.45, 7) is 0.901. The molecule has 116 valence electrons. The maximum absolute atomic E-state index is 11.8. The normalized spacial score (nSPS) is 17.9. The Morgan fingerprint density at radius 1 is 1.52 bits per heavy atom. The van der Waals surface area contributed by atoms with Gasteiger partial charge in [0.05, 0.1) is 16.8 Å². The summed E-state index contributed by atoms with van der Waals surface area (Å²) < 4.78 is 5.56. The summed E-state index contributed by atoms with van der Waals surface area (Å²) in [6, 6.07) is 5.11. The molecule has 1 atom stereocenters. The summed E-state index contributed by atoms with van der Waals surface area (Å²) in [6.07, 6.45) is 4.15. The number of amides is 1. The molecule has 4 nitrogen and oxygen atoms in total. The summed E-state index contributed by atoms with van der Waals surface area (Å²) in [4.78, 5) is 11.8. The van der Waals surface area contributed by atoms with E-state index in [-0.39, 0.29) is 5.91 Å². The molecule has 0 aliphatic carbocycles. The van der Waals surface area contributed by atoms with Crippen molar-refractivity contribution in [3.8, 4) is 0 Å². The molecule has 0 radical (unpaired) electrons. The minimum atomic E-state index is 0.00874. The van der Waals surface area contributed by atoms with E-state index in [1.54, 1.807) is 18.2 Å². The van der Waals surface area contributed by atoms with E-state index in [1.807, 2.05) is 11.8 Å². The van der Waals surface area contributed by atoms with Gasteiger partial charge in [0.2, 0.25) is 5.91 Å². The van der Waals surface area contributed by atoms with E-state index >= 15 is 0 Å². The van der Waals surface area contributed by atoms with Crippen LogP contribution in [0, 0.1) is 0 Å². The summed E-state index contributed by atoms with van der Waals surface area (Å²) in [7, 11) is 0. The van der Waals surface area contributed by atoms with Crippen molar-refractivity contribution in [3.05, 3.63) is 23.2 Å². The molecule has 1 aliphatic heterocycles. The molecule has 1 unspecified atom stereocenters. The molecule has 1 aromatic carbocycles. The first-order valence-corrected chi connectivity index (χ1v) is 8.72. The van der Waals surface area contributed by atoms with Gasteiger partial charge < -0.3 is 15.8 Å². The van der Waals surface area contributed by atoms with E-state index in [0.717, 1.165) is 24.5 Å². The zero-order valence-corrected chi connectivity index (χ0v) is 13.5. The van der Waals surface area contributed by atoms with E-state index in [0.29, 0.717) is 28.9 Å². The lowest BCUT2D eigenvalue weighted by Gasteiger charge is -2.09. The smallest absolute Gasteiger partial charge is 0.224 e. The van der Waals surface area contributed by atoms with Crippen LogP contribution in [0.4, 0.5) is 11.4 Å². The molecule has 0 bridgehead atoms. The van der Waals surface area contributed by atoms with Crippen molar-refractivity contribution in [1.82, 2.24) is 0 Å². The van der Waals surface area contributed by atoms with Crippen LogP contribution in [-0.2, 0) is 9.53 Å². The van der Waals surface area contributed by atoms with Crippen molar-refractivity contribution < 1.29 is 9.53 Å². The molecule has 1 aliphatic rings. The molecule has 1 amide bonds. The lowest BCUT2D eigenvalue weighted by Crippen LogP contribution is -2.12. The number of hydrogen-bond donors (Lipinski definition) is 2. The topological polar surface area (TPSA) is 64.3 Å². The van der Waals surface area contributed by atoms with Gasteiger partial charge in [-0.15, -0.1) is 0 Å². The second-order valence-electron chi connectivity index (χ2n) is 5.10. The molecule has 21 heavy (non-hydrogen) atoms. The molecule has 0 spiro atoms. The van der Waals surface area contributed by atoms with E-state index < -0.39 is 0 Å². The summed E-state index contributed by atoms with van der Waals surface area (Å²) in [5, 5.41) is 3.33. The quantitative estimate of drug-likeness (QED) is 0.593. The van der Waals surface area contributed by atoms with Gasteiger partial charge in [-0.05, 0) is 43.2 Å². The van der Waals surface area contributed by atoms with Crippen LogP contribution < -0.4 is 11.1 Å². The molecule has 2 rings (SSSR count). The fourth-order valence-corrected chi connectivity index (χ4v) is 3.33. The highest BCUT2D eigenvalue weighted by atomic mass is 35.5. The molecular formula is C15H21ClN2O2S. The zero-order valence-electron chi connectivity index (χ0n) is 11.9.